The van der Waals surface area contributed by atoms with E-state index in [4.69, 9.17) is 4.74 Å². The van der Waals surface area contributed by atoms with E-state index in [1.54, 1.807) is 6.92 Å². The summed E-state index contributed by atoms with van der Waals surface area (Å²) in [6.07, 6.45) is 2.28. The van der Waals surface area contributed by atoms with Crippen molar-refractivity contribution in [3.8, 4) is 16.9 Å². The number of fused-ring (bicyclic) bond motifs is 1. The van der Waals surface area contributed by atoms with Gasteiger partial charge in [0.15, 0.2) is 5.78 Å². The van der Waals surface area contributed by atoms with E-state index in [0.717, 1.165) is 40.8 Å². The molecule has 1 N–H and O–H groups in total. The second-order valence-electron chi connectivity index (χ2n) is 7.39. The van der Waals surface area contributed by atoms with Crippen LogP contribution in [-0.2, 0) is 11.2 Å². The maximum Gasteiger partial charge on any atom is 0.220 e. The van der Waals surface area contributed by atoms with Crippen molar-refractivity contribution < 1.29 is 14.3 Å². The zero-order chi connectivity index (χ0) is 19.4. The highest BCUT2D eigenvalue weighted by molar-refractivity contribution is 6.00. The second kappa shape index (κ2) is 8.38. The number of ketones is 1. The van der Waals surface area contributed by atoms with Crippen LogP contribution in [0.1, 0.15) is 49.5 Å². The first-order valence-corrected chi connectivity index (χ1v) is 9.64. The van der Waals surface area contributed by atoms with Crippen molar-refractivity contribution in [1.29, 1.82) is 0 Å². The van der Waals surface area contributed by atoms with Crippen LogP contribution in [0.5, 0.6) is 5.75 Å². The van der Waals surface area contributed by atoms with Crippen LogP contribution in [0, 0.1) is 5.92 Å². The van der Waals surface area contributed by atoms with Crippen molar-refractivity contribution >= 4 is 11.7 Å². The summed E-state index contributed by atoms with van der Waals surface area (Å²) < 4.78 is 5.98. The average Bonchev–Trinajstić information content (AvgIpc) is 3.08. The normalized spacial score (nSPS) is 16.3. The highest BCUT2D eigenvalue weighted by Gasteiger charge is 2.24. The topological polar surface area (TPSA) is 55.4 Å². The van der Waals surface area contributed by atoms with Crippen molar-refractivity contribution in [3.05, 3.63) is 53.6 Å². The third-order valence-corrected chi connectivity index (χ3v) is 5.18. The van der Waals surface area contributed by atoms with Gasteiger partial charge in [-0.3, -0.25) is 9.59 Å². The van der Waals surface area contributed by atoms with Gasteiger partial charge in [-0.05, 0) is 41.7 Å². The summed E-state index contributed by atoms with van der Waals surface area (Å²) in [4.78, 5) is 23.9. The number of hydrogen-bond donors (Lipinski definition) is 1. The van der Waals surface area contributed by atoms with Gasteiger partial charge in [0, 0.05) is 18.4 Å². The van der Waals surface area contributed by atoms with Gasteiger partial charge in [-0.2, -0.15) is 0 Å². The van der Waals surface area contributed by atoms with Crippen molar-refractivity contribution in [2.75, 3.05) is 6.54 Å². The molecule has 1 heterocycles. The predicted molar refractivity (Wildman–Crippen MR) is 107 cm³/mol. The standard InChI is InChI=1S/C23H27NO3/c1-4-15(2)11-23(26)24-14-19-13-18-12-17(9-10-22(18)27-19)21-8-6-5-7-20(21)16(3)25/h5-10,12,15,19H,4,11,13-14H2,1-3H3,(H,24,26). The molecule has 2 aromatic rings. The van der Waals surface area contributed by atoms with E-state index in [1.165, 1.54) is 0 Å². The van der Waals surface area contributed by atoms with Gasteiger partial charge in [-0.25, -0.2) is 0 Å². The number of ether oxygens (including phenoxy) is 1. The van der Waals surface area contributed by atoms with E-state index in [-0.39, 0.29) is 17.8 Å². The fourth-order valence-corrected chi connectivity index (χ4v) is 3.40. The lowest BCUT2D eigenvalue weighted by molar-refractivity contribution is -0.122. The highest BCUT2D eigenvalue weighted by atomic mass is 16.5. The molecule has 4 nitrogen and oxygen atoms in total. The van der Waals surface area contributed by atoms with E-state index < -0.39 is 0 Å². The Morgan fingerprint density at radius 1 is 1.22 bits per heavy atom. The van der Waals surface area contributed by atoms with E-state index in [2.05, 4.69) is 25.2 Å². The molecule has 0 fully saturated rings. The van der Waals surface area contributed by atoms with Crippen LogP contribution in [0.3, 0.4) is 0 Å². The van der Waals surface area contributed by atoms with Crippen LogP contribution >= 0.6 is 0 Å². The Labute approximate surface area is 160 Å². The van der Waals surface area contributed by atoms with Crippen LogP contribution in [0.2, 0.25) is 0 Å². The first kappa shape index (κ1) is 19.2. The fraction of sp³-hybridized carbons (Fsp3) is 0.391. The summed E-state index contributed by atoms with van der Waals surface area (Å²) in [5.74, 6) is 1.40. The van der Waals surface area contributed by atoms with Crippen molar-refractivity contribution in [1.82, 2.24) is 5.32 Å². The Balaban J connectivity index is 1.67. The fourth-order valence-electron chi connectivity index (χ4n) is 3.40. The smallest absolute Gasteiger partial charge is 0.220 e. The summed E-state index contributed by atoms with van der Waals surface area (Å²) >= 11 is 0. The summed E-state index contributed by atoms with van der Waals surface area (Å²) in [6.45, 7) is 6.29. The monoisotopic (exact) mass is 365 g/mol. The maximum atomic E-state index is 12.0. The summed E-state index contributed by atoms with van der Waals surface area (Å²) in [5.41, 5.74) is 3.81. The number of carbonyl (C=O) groups is 2. The molecule has 0 bridgehead atoms. The molecule has 1 amide bonds. The van der Waals surface area contributed by atoms with E-state index in [9.17, 15) is 9.59 Å². The summed E-state index contributed by atoms with van der Waals surface area (Å²) in [5, 5.41) is 2.99. The number of rotatable bonds is 7. The van der Waals surface area contributed by atoms with E-state index in [0.29, 0.717) is 18.9 Å². The molecule has 1 aliphatic rings. The lowest BCUT2D eigenvalue weighted by Gasteiger charge is -2.13. The molecule has 0 spiro atoms. The van der Waals surface area contributed by atoms with Crippen molar-refractivity contribution in [2.45, 2.75) is 46.1 Å². The Kier molecular flexibility index (Phi) is 5.94. The van der Waals surface area contributed by atoms with Crippen molar-refractivity contribution in [3.63, 3.8) is 0 Å². The lowest BCUT2D eigenvalue weighted by atomic mass is 9.95. The molecule has 27 heavy (non-hydrogen) atoms. The molecule has 2 unspecified atom stereocenters. The highest BCUT2D eigenvalue weighted by Crippen LogP contribution is 2.34. The third-order valence-electron chi connectivity index (χ3n) is 5.18. The molecule has 3 rings (SSSR count). The van der Waals surface area contributed by atoms with Crippen molar-refractivity contribution in [2.24, 2.45) is 5.92 Å². The Bertz CT molecular complexity index is 843. The van der Waals surface area contributed by atoms with Gasteiger partial charge in [-0.1, -0.05) is 50.6 Å². The number of Topliss-reactive ketones (excluding diaryl/α,β-unsaturated/α-hetero) is 1. The van der Waals surface area contributed by atoms with Crippen LogP contribution in [0.15, 0.2) is 42.5 Å². The molecule has 4 heteroatoms. The molecule has 0 saturated carbocycles. The third kappa shape index (κ3) is 4.57. The molecular weight excluding hydrogens is 338 g/mol. The van der Waals surface area contributed by atoms with Crippen LogP contribution in [-0.4, -0.2) is 24.3 Å². The minimum absolute atomic E-state index is 0.0424. The van der Waals surface area contributed by atoms with E-state index in [1.807, 2.05) is 36.4 Å². The molecular formula is C23H27NO3. The minimum Gasteiger partial charge on any atom is -0.488 e. The number of amides is 1. The Morgan fingerprint density at radius 3 is 2.74 bits per heavy atom. The van der Waals surface area contributed by atoms with Crippen LogP contribution < -0.4 is 10.1 Å². The van der Waals surface area contributed by atoms with Gasteiger partial charge >= 0.3 is 0 Å². The molecule has 0 saturated heterocycles. The average molecular weight is 365 g/mol. The SMILES string of the molecule is CCC(C)CC(=O)NCC1Cc2cc(-c3ccccc3C(C)=O)ccc2O1. The lowest BCUT2D eigenvalue weighted by Crippen LogP contribution is -2.35. The number of carbonyl (C=O) groups excluding carboxylic acids is 2. The summed E-state index contributed by atoms with van der Waals surface area (Å²) in [6, 6.07) is 13.7. The Hall–Kier alpha value is -2.62. The van der Waals surface area contributed by atoms with Crippen LogP contribution in [0.4, 0.5) is 0 Å². The predicted octanol–water partition coefficient (Wildman–Crippen LogP) is 4.41. The second-order valence-corrected chi connectivity index (χ2v) is 7.39. The van der Waals surface area contributed by atoms with Gasteiger partial charge in [0.05, 0.1) is 6.54 Å². The molecule has 2 aromatic carbocycles. The van der Waals surface area contributed by atoms with Gasteiger partial charge < -0.3 is 10.1 Å². The molecule has 142 valence electrons. The molecule has 0 aliphatic carbocycles. The zero-order valence-electron chi connectivity index (χ0n) is 16.2. The molecule has 2 atom stereocenters. The van der Waals surface area contributed by atoms with Crippen LogP contribution in [0.25, 0.3) is 11.1 Å². The molecule has 1 aliphatic heterocycles. The van der Waals surface area contributed by atoms with E-state index >= 15 is 0 Å². The number of benzene rings is 2. The first-order valence-electron chi connectivity index (χ1n) is 9.64. The first-order chi connectivity index (χ1) is 13.0. The zero-order valence-corrected chi connectivity index (χ0v) is 16.2. The van der Waals surface area contributed by atoms with Gasteiger partial charge in [-0.15, -0.1) is 0 Å². The maximum absolute atomic E-state index is 12.0. The quantitative estimate of drug-likeness (QED) is 0.739. The van der Waals surface area contributed by atoms with Gasteiger partial charge in [0.25, 0.3) is 0 Å². The van der Waals surface area contributed by atoms with Gasteiger partial charge in [0.2, 0.25) is 5.91 Å². The minimum atomic E-state index is -0.0424. The largest absolute Gasteiger partial charge is 0.488 e. The Morgan fingerprint density at radius 2 is 2.00 bits per heavy atom. The molecule has 0 aromatic heterocycles. The number of hydrogen-bond acceptors (Lipinski definition) is 3. The summed E-state index contributed by atoms with van der Waals surface area (Å²) in [7, 11) is 0. The van der Waals surface area contributed by atoms with Gasteiger partial charge in [0.1, 0.15) is 11.9 Å². The number of nitrogens with one attached hydrogen (secondary N) is 1. The molecule has 0 radical (unpaired) electrons.